The smallest absolute Gasteiger partial charge is 0.217 e. The molecule has 0 radical (unpaired) electrons. The lowest BCUT2D eigenvalue weighted by Crippen LogP contribution is -2.56. The summed E-state index contributed by atoms with van der Waals surface area (Å²) in [5.74, 6) is -1.76. The zero-order valence-corrected chi connectivity index (χ0v) is 13.5. The standard InChI is InChI=1S/C12H20O9S/c1-11(2)18-7-6(5-16-22(13,14)15)17-10-9(8(7)19-11)20-12(3,4)21-10/h6-10H,5H2,1-4H3,(H,13,14,15)/p-1. The molecule has 0 bridgehead atoms. The normalized spacial score (nSPS) is 42.9. The van der Waals surface area contributed by atoms with E-state index in [0.717, 1.165) is 0 Å². The molecule has 0 aromatic rings. The van der Waals surface area contributed by atoms with Gasteiger partial charge >= 0.3 is 0 Å². The third-order valence-electron chi connectivity index (χ3n) is 3.63. The molecule has 9 nitrogen and oxygen atoms in total. The van der Waals surface area contributed by atoms with E-state index in [9.17, 15) is 13.0 Å². The Morgan fingerprint density at radius 2 is 1.50 bits per heavy atom. The minimum absolute atomic E-state index is 0.473. The van der Waals surface area contributed by atoms with Gasteiger partial charge in [-0.2, -0.15) is 0 Å². The first-order valence-electron chi connectivity index (χ1n) is 6.93. The van der Waals surface area contributed by atoms with Crippen molar-refractivity contribution in [3.8, 4) is 0 Å². The monoisotopic (exact) mass is 339 g/mol. The molecule has 3 heterocycles. The van der Waals surface area contributed by atoms with Crippen LogP contribution in [0.4, 0.5) is 0 Å². The third-order valence-corrected chi connectivity index (χ3v) is 4.05. The molecule has 0 aromatic carbocycles. The Balaban J connectivity index is 1.81. The lowest BCUT2D eigenvalue weighted by atomic mass is 9.99. The lowest BCUT2D eigenvalue weighted by molar-refractivity contribution is -0.238. The van der Waals surface area contributed by atoms with Gasteiger partial charge in [0.05, 0.1) is 6.61 Å². The highest BCUT2D eigenvalue weighted by atomic mass is 32.3. The Kier molecular flexibility index (Phi) is 3.82. The highest BCUT2D eigenvalue weighted by Crippen LogP contribution is 2.44. The van der Waals surface area contributed by atoms with Gasteiger partial charge in [0, 0.05) is 0 Å². The second-order valence-electron chi connectivity index (χ2n) is 6.40. The molecule has 5 unspecified atom stereocenters. The second kappa shape index (κ2) is 5.08. The molecule has 10 heteroatoms. The van der Waals surface area contributed by atoms with Gasteiger partial charge in [0.2, 0.25) is 10.4 Å². The van der Waals surface area contributed by atoms with Crippen molar-refractivity contribution in [3.05, 3.63) is 0 Å². The van der Waals surface area contributed by atoms with Gasteiger partial charge < -0.3 is 28.2 Å². The van der Waals surface area contributed by atoms with E-state index < -0.39 is 59.3 Å². The predicted molar refractivity (Wildman–Crippen MR) is 68.2 cm³/mol. The van der Waals surface area contributed by atoms with Crippen molar-refractivity contribution in [2.24, 2.45) is 0 Å². The molecule has 3 aliphatic heterocycles. The van der Waals surface area contributed by atoms with Gasteiger partial charge in [0.15, 0.2) is 17.9 Å². The maximum Gasteiger partial charge on any atom is 0.217 e. The zero-order chi connectivity index (χ0) is 16.3. The van der Waals surface area contributed by atoms with Crippen LogP contribution < -0.4 is 0 Å². The van der Waals surface area contributed by atoms with E-state index in [1.54, 1.807) is 27.7 Å². The molecular weight excluding hydrogens is 320 g/mol. The summed E-state index contributed by atoms with van der Waals surface area (Å²) >= 11 is 0. The summed E-state index contributed by atoms with van der Waals surface area (Å²) < 4.78 is 65.0. The van der Waals surface area contributed by atoms with E-state index in [-0.39, 0.29) is 0 Å². The van der Waals surface area contributed by atoms with Gasteiger partial charge in [0.1, 0.15) is 24.4 Å². The summed E-state index contributed by atoms with van der Waals surface area (Å²) in [7, 11) is -4.82. The largest absolute Gasteiger partial charge is 0.726 e. The molecule has 128 valence electrons. The SMILES string of the molecule is CC1(C)OC2OC(COS(=O)(=O)[O-])C3OC(C)(C)OC3C2O1. The highest BCUT2D eigenvalue weighted by Gasteiger charge is 2.60. The van der Waals surface area contributed by atoms with Crippen molar-refractivity contribution in [2.75, 3.05) is 6.61 Å². The fourth-order valence-electron chi connectivity index (χ4n) is 2.98. The Morgan fingerprint density at radius 1 is 0.955 bits per heavy atom. The summed E-state index contributed by atoms with van der Waals surface area (Å²) in [6.07, 6.45) is -3.23. The molecule has 22 heavy (non-hydrogen) atoms. The van der Waals surface area contributed by atoms with Crippen molar-refractivity contribution in [1.82, 2.24) is 0 Å². The van der Waals surface area contributed by atoms with Crippen LogP contribution in [0.3, 0.4) is 0 Å². The number of rotatable bonds is 3. The van der Waals surface area contributed by atoms with Crippen LogP contribution in [0.1, 0.15) is 27.7 Å². The quantitative estimate of drug-likeness (QED) is 0.512. The maximum atomic E-state index is 10.7. The first-order chi connectivity index (χ1) is 9.96. The number of hydrogen-bond acceptors (Lipinski definition) is 9. The van der Waals surface area contributed by atoms with Crippen LogP contribution in [0.2, 0.25) is 0 Å². The average Bonchev–Trinajstić information content (AvgIpc) is 2.79. The molecule has 3 aliphatic rings. The van der Waals surface area contributed by atoms with Gasteiger partial charge in [0.25, 0.3) is 0 Å². The van der Waals surface area contributed by atoms with Crippen molar-refractivity contribution < 1.29 is 40.8 Å². The van der Waals surface area contributed by atoms with Crippen molar-refractivity contribution in [3.63, 3.8) is 0 Å². The van der Waals surface area contributed by atoms with Gasteiger partial charge in [-0.05, 0) is 27.7 Å². The molecule has 3 fully saturated rings. The molecule has 0 spiro atoms. The molecular formula is C12H19O9S-. The third kappa shape index (κ3) is 3.29. The summed E-state index contributed by atoms with van der Waals surface area (Å²) in [4.78, 5) is 0. The molecule has 0 N–H and O–H groups in total. The van der Waals surface area contributed by atoms with Crippen LogP contribution in [0, 0.1) is 0 Å². The van der Waals surface area contributed by atoms with Gasteiger partial charge in [-0.15, -0.1) is 0 Å². The van der Waals surface area contributed by atoms with Crippen molar-refractivity contribution in [2.45, 2.75) is 70.0 Å². The summed E-state index contributed by atoms with van der Waals surface area (Å²) in [6, 6.07) is 0. The molecule has 0 saturated carbocycles. The molecule has 0 amide bonds. The van der Waals surface area contributed by atoms with Gasteiger partial charge in [-0.1, -0.05) is 0 Å². The maximum absolute atomic E-state index is 10.7. The van der Waals surface area contributed by atoms with Crippen LogP contribution in [-0.2, 0) is 38.3 Å². The molecule has 0 aromatic heterocycles. The lowest BCUT2D eigenvalue weighted by Gasteiger charge is -2.37. The van der Waals surface area contributed by atoms with Gasteiger partial charge in [-0.25, -0.2) is 8.42 Å². The first-order valence-corrected chi connectivity index (χ1v) is 8.26. The van der Waals surface area contributed by atoms with Crippen LogP contribution in [0.25, 0.3) is 0 Å². The first kappa shape index (κ1) is 16.5. The molecule has 5 atom stereocenters. The second-order valence-corrected chi connectivity index (χ2v) is 7.45. The van der Waals surface area contributed by atoms with E-state index >= 15 is 0 Å². The Bertz CT molecular complexity index is 543. The molecule has 3 rings (SSSR count). The number of fused-ring (bicyclic) bond motifs is 3. The fraction of sp³-hybridized carbons (Fsp3) is 1.00. The van der Waals surface area contributed by atoms with E-state index in [4.69, 9.17) is 23.7 Å². The highest BCUT2D eigenvalue weighted by molar-refractivity contribution is 7.80. The number of ether oxygens (including phenoxy) is 5. The van der Waals surface area contributed by atoms with Crippen LogP contribution in [0.15, 0.2) is 0 Å². The zero-order valence-electron chi connectivity index (χ0n) is 12.7. The van der Waals surface area contributed by atoms with Crippen molar-refractivity contribution in [1.29, 1.82) is 0 Å². The topological polar surface area (TPSA) is 113 Å². The van der Waals surface area contributed by atoms with E-state index in [1.165, 1.54) is 0 Å². The molecule has 0 aliphatic carbocycles. The predicted octanol–water partition coefficient (Wildman–Crippen LogP) is -0.140. The van der Waals surface area contributed by atoms with Crippen molar-refractivity contribution >= 4 is 10.4 Å². The summed E-state index contributed by atoms with van der Waals surface area (Å²) in [6.45, 7) is 6.45. The average molecular weight is 339 g/mol. The number of hydrogen-bond donors (Lipinski definition) is 0. The fourth-order valence-corrected chi connectivity index (χ4v) is 3.28. The molecule has 3 saturated heterocycles. The minimum atomic E-state index is -4.82. The van der Waals surface area contributed by atoms with E-state index in [2.05, 4.69) is 4.18 Å². The van der Waals surface area contributed by atoms with Crippen LogP contribution >= 0.6 is 0 Å². The Labute approximate surface area is 128 Å². The van der Waals surface area contributed by atoms with E-state index in [0.29, 0.717) is 0 Å². The van der Waals surface area contributed by atoms with E-state index in [1.807, 2.05) is 0 Å². The minimum Gasteiger partial charge on any atom is -0.726 e. The Hall–Kier alpha value is -0.330. The van der Waals surface area contributed by atoms with Gasteiger partial charge in [-0.3, -0.25) is 4.18 Å². The Morgan fingerprint density at radius 3 is 2.14 bits per heavy atom. The summed E-state index contributed by atoms with van der Waals surface area (Å²) in [5, 5.41) is 0. The van der Waals surface area contributed by atoms with Crippen LogP contribution in [-0.4, -0.2) is 61.9 Å². The summed E-state index contributed by atoms with van der Waals surface area (Å²) in [5.41, 5.74) is 0. The van der Waals surface area contributed by atoms with Crippen LogP contribution in [0.5, 0.6) is 0 Å².